The van der Waals surface area contributed by atoms with E-state index in [1.807, 2.05) is 49.9 Å². The lowest BCUT2D eigenvalue weighted by Gasteiger charge is -2.30. The number of methoxy groups -OCH3 is 2. The van der Waals surface area contributed by atoms with Crippen LogP contribution in [0.2, 0.25) is 0 Å². The zero-order valence-corrected chi connectivity index (χ0v) is 33.9. The molecule has 0 saturated carbocycles. The molecule has 2 saturated heterocycles. The molecule has 0 radical (unpaired) electrons. The van der Waals surface area contributed by atoms with Crippen LogP contribution in [0.25, 0.3) is 43.0 Å². The summed E-state index contributed by atoms with van der Waals surface area (Å²) in [5.74, 6) is 0.976. The van der Waals surface area contributed by atoms with Crippen LogP contribution in [-0.4, -0.2) is 93.1 Å². The number of hydrogen-bond donors (Lipinski definition) is 4. The first kappa shape index (κ1) is 39.5. The van der Waals surface area contributed by atoms with E-state index in [4.69, 9.17) is 14.5 Å². The summed E-state index contributed by atoms with van der Waals surface area (Å²) in [7, 11) is 2.58. The Labute approximate surface area is 335 Å². The first-order chi connectivity index (χ1) is 27.4. The van der Waals surface area contributed by atoms with Crippen LogP contribution in [0.15, 0.2) is 60.9 Å². The van der Waals surface area contributed by atoms with Crippen molar-refractivity contribution in [1.29, 1.82) is 0 Å². The number of alkyl carbamates (subject to hydrolysis) is 2. The molecule has 3 aromatic heterocycles. The largest absolute Gasteiger partial charge is 0.453 e. The third-order valence-corrected chi connectivity index (χ3v) is 12.1. The Bertz CT molecular complexity index is 2240. The van der Waals surface area contributed by atoms with E-state index in [9.17, 15) is 19.2 Å². The quantitative estimate of drug-likeness (QED) is 0.107. The maximum absolute atomic E-state index is 13.6. The molecule has 0 unspecified atom stereocenters. The van der Waals surface area contributed by atoms with E-state index in [1.165, 1.54) is 14.2 Å². The monoisotopic (exact) mass is 794 g/mol. The van der Waals surface area contributed by atoms with Crippen LogP contribution in [0.4, 0.5) is 9.59 Å². The molecule has 2 fully saturated rings. The van der Waals surface area contributed by atoms with Gasteiger partial charge in [-0.1, -0.05) is 64.1 Å². The van der Waals surface area contributed by atoms with E-state index in [0.29, 0.717) is 13.1 Å². The number of carbonyl (C=O) groups is 4. The van der Waals surface area contributed by atoms with Crippen molar-refractivity contribution in [2.24, 2.45) is 11.8 Å². The Morgan fingerprint density at radius 2 is 1.18 bits per heavy atom. The molecule has 57 heavy (non-hydrogen) atoms. The molecule has 4 N–H and O–H groups in total. The van der Waals surface area contributed by atoms with Gasteiger partial charge in [0.15, 0.2) is 0 Å². The second kappa shape index (κ2) is 16.8. The topological polar surface area (TPSA) is 175 Å². The van der Waals surface area contributed by atoms with Gasteiger partial charge in [-0.3, -0.25) is 9.59 Å². The molecule has 15 heteroatoms. The number of nitrogens with zero attached hydrogens (tertiary/aromatic N) is 4. The predicted molar refractivity (Wildman–Crippen MR) is 218 cm³/mol. The molecule has 0 aliphatic carbocycles. The number of benzene rings is 2. The third kappa shape index (κ3) is 8.24. The molecule has 2 aliphatic heterocycles. The van der Waals surface area contributed by atoms with Gasteiger partial charge in [0.1, 0.15) is 23.7 Å². The van der Waals surface area contributed by atoms with Crippen molar-refractivity contribution in [3.8, 4) is 33.0 Å². The predicted octanol–water partition coefficient (Wildman–Crippen LogP) is 7.44. The lowest BCUT2D eigenvalue weighted by atomic mass is 10.0. The Morgan fingerprint density at radius 1 is 0.702 bits per heavy atom. The van der Waals surface area contributed by atoms with Gasteiger partial charge in [-0.2, -0.15) is 0 Å². The summed E-state index contributed by atoms with van der Waals surface area (Å²) in [5, 5.41) is 6.55. The normalized spacial score (nSPS) is 18.0. The molecule has 7 rings (SSSR count). The van der Waals surface area contributed by atoms with Crippen LogP contribution in [0.1, 0.15) is 77.1 Å². The van der Waals surface area contributed by atoms with Crippen molar-refractivity contribution in [2.45, 2.75) is 77.5 Å². The first-order valence-electron chi connectivity index (χ1n) is 19.5. The summed E-state index contributed by atoms with van der Waals surface area (Å²) in [6.07, 6.45) is 5.66. The van der Waals surface area contributed by atoms with Gasteiger partial charge in [0, 0.05) is 28.2 Å². The minimum Gasteiger partial charge on any atom is -0.453 e. The molecule has 0 spiro atoms. The van der Waals surface area contributed by atoms with E-state index in [0.717, 1.165) is 80.4 Å². The number of amides is 4. The average molecular weight is 795 g/mol. The van der Waals surface area contributed by atoms with Gasteiger partial charge < -0.3 is 39.9 Å². The van der Waals surface area contributed by atoms with E-state index >= 15 is 0 Å². The number of nitrogens with one attached hydrogen (secondary N) is 4. The van der Waals surface area contributed by atoms with E-state index in [1.54, 1.807) is 11.3 Å². The van der Waals surface area contributed by atoms with Crippen LogP contribution in [0, 0.1) is 11.8 Å². The van der Waals surface area contributed by atoms with Crippen LogP contribution >= 0.6 is 11.3 Å². The van der Waals surface area contributed by atoms with Gasteiger partial charge in [-0.25, -0.2) is 19.6 Å². The number of likely N-dealkylation sites (tertiary alicyclic amines) is 2. The molecule has 2 aliphatic rings. The summed E-state index contributed by atoms with van der Waals surface area (Å²) < 4.78 is 10.7. The van der Waals surface area contributed by atoms with Gasteiger partial charge in [-0.15, -0.1) is 11.3 Å². The van der Waals surface area contributed by atoms with Crippen molar-refractivity contribution >= 4 is 45.4 Å². The second-order valence-corrected chi connectivity index (χ2v) is 16.5. The van der Waals surface area contributed by atoms with Crippen molar-refractivity contribution in [3.05, 3.63) is 72.6 Å². The minimum absolute atomic E-state index is 0.104. The number of H-pyrrole nitrogens is 2. The number of ether oxygens (including phenoxy) is 2. The van der Waals surface area contributed by atoms with Crippen molar-refractivity contribution in [2.75, 3.05) is 27.3 Å². The maximum atomic E-state index is 13.6. The fraction of sp³-hybridized carbons (Fsp3) is 0.429. The third-order valence-electron chi connectivity index (χ3n) is 11.0. The average Bonchev–Trinajstić information content (AvgIpc) is 4.06. The van der Waals surface area contributed by atoms with E-state index in [-0.39, 0.29) is 35.7 Å². The molecule has 2 aromatic carbocycles. The summed E-state index contributed by atoms with van der Waals surface area (Å²) in [6, 6.07) is 15.2. The number of fused-ring (bicyclic) bond motifs is 1. The summed E-state index contributed by atoms with van der Waals surface area (Å²) >= 11 is 1.72. The number of imidazole rings is 2. The molecule has 5 heterocycles. The number of hydrogen-bond acceptors (Lipinski definition) is 9. The Kier molecular flexibility index (Phi) is 11.7. The standard InChI is InChI=1S/C42H50N8O6S/c1-23(2)35(47-41(53)55-5)39(51)49-17-7-9-31(49)37-43-21-29(45-37)25-11-13-26(14-12-25)33-20-28-16-15-27(19-34(28)57-33)30-22-44-38(46-30)32-10-8-18-50(32)40(52)36(24(3)4)48-42(54)56-6/h11-16,19-24,31-32,35-36H,7-10,17-18H2,1-6H3,(H,43,45)(H,44,46)(H,47,53)(H,48,54)/t31-,32-,35-,36-/m0/s1. The highest BCUT2D eigenvalue weighted by Gasteiger charge is 2.39. The van der Waals surface area contributed by atoms with Crippen LogP contribution in [-0.2, 0) is 19.1 Å². The highest BCUT2D eigenvalue weighted by molar-refractivity contribution is 7.22. The van der Waals surface area contributed by atoms with Gasteiger partial charge >= 0.3 is 12.2 Å². The molecule has 14 nitrogen and oxygen atoms in total. The van der Waals surface area contributed by atoms with Crippen LogP contribution in [0.5, 0.6) is 0 Å². The Balaban J connectivity index is 1.03. The van der Waals surface area contributed by atoms with Gasteiger partial charge in [0.05, 0.1) is 50.1 Å². The molecular weight excluding hydrogens is 745 g/mol. The summed E-state index contributed by atoms with van der Waals surface area (Å²) in [5.41, 5.74) is 4.83. The highest BCUT2D eigenvalue weighted by Crippen LogP contribution is 2.38. The fourth-order valence-electron chi connectivity index (χ4n) is 7.85. The van der Waals surface area contributed by atoms with Crippen molar-refractivity contribution in [1.82, 2.24) is 40.4 Å². The zero-order chi connectivity index (χ0) is 40.4. The Morgan fingerprint density at radius 3 is 1.67 bits per heavy atom. The number of carbonyl (C=O) groups excluding carboxylic acids is 4. The lowest BCUT2D eigenvalue weighted by molar-refractivity contribution is -0.136. The number of thiophene rings is 1. The molecular formula is C42H50N8O6S. The SMILES string of the molecule is COC(=O)N[C@H](C(=O)N1CCC[C@H]1c1ncc(-c2ccc(-c3cc4ccc(-c5cnc([C@@H]6CCCN6C(=O)[C@@H](NC(=O)OC)C(C)C)[nH]5)cc4s3)cc2)[nH]1)C(C)C. The fourth-order valence-corrected chi connectivity index (χ4v) is 8.95. The van der Waals surface area contributed by atoms with Crippen molar-refractivity contribution < 1.29 is 28.7 Å². The van der Waals surface area contributed by atoms with Gasteiger partial charge in [0.25, 0.3) is 0 Å². The van der Waals surface area contributed by atoms with Gasteiger partial charge in [-0.05, 0) is 66.2 Å². The smallest absolute Gasteiger partial charge is 0.407 e. The maximum Gasteiger partial charge on any atom is 0.407 e. The second-order valence-electron chi connectivity index (χ2n) is 15.4. The molecule has 4 amide bonds. The van der Waals surface area contributed by atoms with Gasteiger partial charge in [0.2, 0.25) is 11.8 Å². The summed E-state index contributed by atoms with van der Waals surface area (Å²) in [6.45, 7) is 8.81. The van der Waals surface area contributed by atoms with Crippen LogP contribution < -0.4 is 10.6 Å². The van der Waals surface area contributed by atoms with E-state index in [2.05, 4.69) is 74.1 Å². The molecule has 300 valence electrons. The van der Waals surface area contributed by atoms with E-state index < -0.39 is 24.3 Å². The number of aromatic nitrogens is 4. The minimum atomic E-state index is -0.688. The number of aromatic amines is 2. The Hall–Kier alpha value is -5.70. The summed E-state index contributed by atoms with van der Waals surface area (Å²) in [4.78, 5) is 72.2. The van der Waals surface area contributed by atoms with Crippen LogP contribution in [0.3, 0.4) is 0 Å². The first-order valence-corrected chi connectivity index (χ1v) is 20.3. The highest BCUT2D eigenvalue weighted by atomic mass is 32.1. The zero-order valence-electron chi connectivity index (χ0n) is 33.1. The number of rotatable bonds is 11. The molecule has 0 bridgehead atoms. The lowest BCUT2D eigenvalue weighted by Crippen LogP contribution is -2.51. The molecule has 4 atom stereocenters. The molecule has 5 aromatic rings. The van der Waals surface area contributed by atoms with Crippen molar-refractivity contribution in [3.63, 3.8) is 0 Å².